The van der Waals surface area contributed by atoms with Gasteiger partial charge in [-0.15, -0.1) is 0 Å². The summed E-state index contributed by atoms with van der Waals surface area (Å²) in [6.45, 7) is 6.68. The minimum Gasteiger partial charge on any atom is -0.337 e. The average molecular weight is 235 g/mol. The molecule has 1 amide bonds. The molecule has 4 nitrogen and oxygen atoms in total. The van der Waals surface area contributed by atoms with Gasteiger partial charge in [-0.25, -0.2) is 0 Å². The Balaban J connectivity index is 2.81. The van der Waals surface area contributed by atoms with Crippen LogP contribution in [0.4, 0.5) is 0 Å². The van der Waals surface area contributed by atoms with Crippen molar-refractivity contribution in [3.8, 4) is 0 Å². The van der Waals surface area contributed by atoms with Crippen molar-refractivity contribution in [3.05, 3.63) is 29.6 Å². The van der Waals surface area contributed by atoms with Crippen molar-refractivity contribution in [1.82, 2.24) is 9.88 Å². The van der Waals surface area contributed by atoms with E-state index in [1.165, 1.54) is 0 Å². The van der Waals surface area contributed by atoms with Crippen molar-refractivity contribution in [2.45, 2.75) is 33.4 Å². The smallest absolute Gasteiger partial charge is 0.272 e. The normalized spacial score (nSPS) is 12.6. The molecule has 0 aliphatic heterocycles. The van der Waals surface area contributed by atoms with Crippen LogP contribution in [-0.4, -0.2) is 28.9 Å². The van der Waals surface area contributed by atoms with Gasteiger partial charge in [0, 0.05) is 25.8 Å². The molecule has 0 fully saturated rings. The Morgan fingerprint density at radius 1 is 1.41 bits per heavy atom. The average Bonchev–Trinajstić information content (AvgIpc) is 2.36. The van der Waals surface area contributed by atoms with E-state index in [1.54, 1.807) is 17.2 Å². The number of pyridine rings is 1. The van der Waals surface area contributed by atoms with Crippen LogP contribution in [0.25, 0.3) is 0 Å². The highest BCUT2D eigenvalue weighted by atomic mass is 16.2. The fourth-order valence-electron chi connectivity index (χ4n) is 1.48. The second-order valence-electron chi connectivity index (χ2n) is 4.66. The first kappa shape index (κ1) is 13.6. The maximum atomic E-state index is 12.1. The van der Waals surface area contributed by atoms with Crippen LogP contribution >= 0.6 is 0 Å². The third-order valence-corrected chi connectivity index (χ3v) is 3.18. The fraction of sp³-hybridized carbons (Fsp3) is 0.538. The number of hydrogen-bond acceptors (Lipinski definition) is 3. The molecule has 0 spiro atoms. The van der Waals surface area contributed by atoms with Crippen molar-refractivity contribution in [2.24, 2.45) is 11.7 Å². The quantitative estimate of drug-likeness (QED) is 0.863. The molecule has 0 aliphatic rings. The molecule has 1 rings (SSSR count). The third kappa shape index (κ3) is 3.27. The fourth-order valence-corrected chi connectivity index (χ4v) is 1.48. The monoisotopic (exact) mass is 235 g/mol. The van der Waals surface area contributed by atoms with Gasteiger partial charge in [-0.1, -0.05) is 19.9 Å². The Morgan fingerprint density at radius 3 is 2.47 bits per heavy atom. The Morgan fingerprint density at radius 2 is 2.06 bits per heavy atom. The van der Waals surface area contributed by atoms with E-state index in [-0.39, 0.29) is 11.9 Å². The molecule has 0 saturated heterocycles. The maximum absolute atomic E-state index is 12.1. The molecule has 94 valence electrons. The molecule has 0 bridgehead atoms. The van der Waals surface area contributed by atoms with E-state index < -0.39 is 0 Å². The first-order chi connectivity index (χ1) is 7.97. The second kappa shape index (κ2) is 5.77. The van der Waals surface area contributed by atoms with Crippen molar-refractivity contribution >= 4 is 5.91 Å². The molecule has 0 saturated carbocycles. The van der Waals surface area contributed by atoms with Gasteiger partial charge in [0.1, 0.15) is 5.69 Å². The molecular weight excluding hydrogens is 214 g/mol. The molecule has 0 aliphatic carbocycles. The van der Waals surface area contributed by atoms with Crippen molar-refractivity contribution in [1.29, 1.82) is 0 Å². The maximum Gasteiger partial charge on any atom is 0.272 e. The summed E-state index contributed by atoms with van der Waals surface area (Å²) in [5.74, 6) is 0.377. The summed E-state index contributed by atoms with van der Waals surface area (Å²) in [5, 5.41) is 0. The minimum absolute atomic E-state index is 0.0465. The predicted octanol–water partition coefficient (Wildman–Crippen LogP) is 1.66. The Hall–Kier alpha value is -1.42. The van der Waals surface area contributed by atoms with Gasteiger partial charge in [0.05, 0.1) is 0 Å². The van der Waals surface area contributed by atoms with Gasteiger partial charge >= 0.3 is 0 Å². The summed E-state index contributed by atoms with van der Waals surface area (Å²) in [4.78, 5) is 18.0. The Labute approximate surface area is 103 Å². The molecule has 1 heterocycles. The zero-order chi connectivity index (χ0) is 13.0. The molecule has 2 N–H and O–H groups in total. The van der Waals surface area contributed by atoms with Crippen LogP contribution in [0, 0.1) is 5.92 Å². The molecule has 1 aromatic heterocycles. The lowest BCUT2D eigenvalue weighted by molar-refractivity contribution is 0.0701. The summed E-state index contributed by atoms with van der Waals surface area (Å²) >= 11 is 0. The van der Waals surface area contributed by atoms with Crippen LogP contribution in [0.2, 0.25) is 0 Å². The highest BCUT2D eigenvalue weighted by molar-refractivity contribution is 5.92. The summed E-state index contributed by atoms with van der Waals surface area (Å²) in [6, 6.07) is 3.76. The molecule has 1 atom stereocenters. The van der Waals surface area contributed by atoms with Gasteiger partial charge in [0.15, 0.2) is 0 Å². The van der Waals surface area contributed by atoms with Crippen LogP contribution in [0.3, 0.4) is 0 Å². The minimum atomic E-state index is -0.0465. The number of rotatable bonds is 4. The van der Waals surface area contributed by atoms with Gasteiger partial charge in [0.25, 0.3) is 5.91 Å². The van der Waals surface area contributed by atoms with E-state index in [9.17, 15) is 4.79 Å². The second-order valence-corrected chi connectivity index (χ2v) is 4.66. The molecule has 1 aromatic rings. The Kier molecular flexibility index (Phi) is 4.63. The van der Waals surface area contributed by atoms with E-state index >= 15 is 0 Å². The number of aromatic nitrogens is 1. The lowest BCUT2D eigenvalue weighted by atomic mass is 10.0. The Bertz CT molecular complexity index is 373. The van der Waals surface area contributed by atoms with Crippen molar-refractivity contribution in [3.63, 3.8) is 0 Å². The highest BCUT2D eigenvalue weighted by Crippen LogP contribution is 2.11. The summed E-state index contributed by atoms with van der Waals surface area (Å²) in [6.07, 6.45) is 1.65. The van der Waals surface area contributed by atoms with Crippen LogP contribution in [0.5, 0.6) is 0 Å². The van der Waals surface area contributed by atoms with Crippen molar-refractivity contribution in [2.75, 3.05) is 7.05 Å². The largest absolute Gasteiger partial charge is 0.337 e. The van der Waals surface area contributed by atoms with E-state index in [1.807, 2.05) is 20.0 Å². The lowest BCUT2D eigenvalue weighted by Gasteiger charge is -2.27. The molecule has 1 unspecified atom stereocenters. The predicted molar refractivity (Wildman–Crippen MR) is 68.5 cm³/mol. The van der Waals surface area contributed by atoms with E-state index in [0.29, 0.717) is 18.2 Å². The van der Waals surface area contributed by atoms with Crippen LogP contribution in [-0.2, 0) is 6.54 Å². The number of carbonyl (C=O) groups excluding carboxylic acids is 1. The van der Waals surface area contributed by atoms with E-state index in [4.69, 9.17) is 5.73 Å². The number of hydrogen-bond donors (Lipinski definition) is 1. The molecular formula is C13H21N3O. The summed E-state index contributed by atoms with van der Waals surface area (Å²) in [5.41, 5.74) is 6.89. The van der Waals surface area contributed by atoms with Crippen LogP contribution < -0.4 is 5.73 Å². The van der Waals surface area contributed by atoms with Gasteiger partial charge in [0.2, 0.25) is 0 Å². The number of nitrogens with two attached hydrogens (primary N) is 1. The number of nitrogens with zero attached hydrogens (tertiary/aromatic N) is 2. The zero-order valence-electron chi connectivity index (χ0n) is 11.0. The molecule has 4 heteroatoms. The van der Waals surface area contributed by atoms with Gasteiger partial charge < -0.3 is 10.6 Å². The lowest BCUT2D eigenvalue weighted by Crippen LogP contribution is -2.38. The summed E-state index contributed by atoms with van der Waals surface area (Å²) < 4.78 is 0. The van der Waals surface area contributed by atoms with Gasteiger partial charge in [-0.2, -0.15) is 0 Å². The molecule has 0 aromatic carbocycles. The van der Waals surface area contributed by atoms with Crippen molar-refractivity contribution < 1.29 is 4.79 Å². The summed E-state index contributed by atoms with van der Waals surface area (Å²) in [7, 11) is 1.81. The van der Waals surface area contributed by atoms with Crippen LogP contribution in [0.1, 0.15) is 36.8 Å². The SMILES string of the molecule is CC(C)C(C)N(C)C(=O)c1ccc(CN)cn1. The number of carbonyl (C=O) groups is 1. The molecule has 17 heavy (non-hydrogen) atoms. The molecule has 0 radical (unpaired) electrons. The van der Waals surface area contributed by atoms with E-state index in [2.05, 4.69) is 18.8 Å². The topological polar surface area (TPSA) is 59.2 Å². The first-order valence-corrected chi connectivity index (χ1v) is 5.89. The zero-order valence-corrected chi connectivity index (χ0v) is 11.0. The first-order valence-electron chi connectivity index (χ1n) is 5.89. The van der Waals surface area contributed by atoms with Crippen LogP contribution in [0.15, 0.2) is 18.3 Å². The van der Waals surface area contributed by atoms with E-state index in [0.717, 1.165) is 5.56 Å². The highest BCUT2D eigenvalue weighted by Gasteiger charge is 2.20. The standard InChI is InChI=1S/C13H21N3O/c1-9(2)10(3)16(4)13(17)12-6-5-11(7-14)8-15-12/h5-6,8-10H,7,14H2,1-4H3. The van der Waals surface area contributed by atoms with Gasteiger partial charge in [-0.3, -0.25) is 9.78 Å². The number of amides is 1. The van der Waals surface area contributed by atoms with Gasteiger partial charge in [-0.05, 0) is 24.5 Å². The third-order valence-electron chi connectivity index (χ3n) is 3.18.